The van der Waals surface area contributed by atoms with Crippen LogP contribution in [0, 0.1) is 0 Å². The third-order valence-electron chi connectivity index (χ3n) is 2.68. The van der Waals surface area contributed by atoms with Crippen molar-refractivity contribution in [1.29, 1.82) is 0 Å². The summed E-state index contributed by atoms with van der Waals surface area (Å²) in [5.74, 6) is 0.121. The standard InChI is InChI=1S/C8H8O.C6H14O2.C2H6O/c1-7(9)8-5-3-2-4-6-8;1-5(2,7)6(3,4)8;1-3-2/h2-6H,1H3;7-8H,1-4H3;1-2H3. The molecule has 20 heavy (non-hydrogen) atoms. The molecular formula is C16H28O4. The number of carbonyl (C=O) groups is 1. The summed E-state index contributed by atoms with van der Waals surface area (Å²) < 4.78 is 4.25. The van der Waals surface area contributed by atoms with E-state index < -0.39 is 11.2 Å². The average Bonchev–Trinajstić information content (AvgIpc) is 2.29. The van der Waals surface area contributed by atoms with Crippen molar-refractivity contribution in [1.82, 2.24) is 0 Å². The lowest BCUT2D eigenvalue weighted by atomic mass is 9.90. The molecule has 1 rings (SSSR count). The van der Waals surface area contributed by atoms with Gasteiger partial charge in [0.2, 0.25) is 0 Å². The molecule has 0 amide bonds. The van der Waals surface area contributed by atoms with Crippen LogP contribution in [0.4, 0.5) is 0 Å². The van der Waals surface area contributed by atoms with E-state index in [1.807, 2.05) is 30.3 Å². The van der Waals surface area contributed by atoms with Crippen molar-refractivity contribution in [2.45, 2.75) is 45.8 Å². The van der Waals surface area contributed by atoms with Gasteiger partial charge >= 0.3 is 0 Å². The van der Waals surface area contributed by atoms with E-state index in [9.17, 15) is 4.79 Å². The van der Waals surface area contributed by atoms with Crippen LogP contribution in [0.15, 0.2) is 30.3 Å². The minimum Gasteiger partial charge on any atom is -0.388 e. The molecule has 0 aliphatic heterocycles. The Morgan fingerprint density at radius 3 is 1.40 bits per heavy atom. The van der Waals surface area contributed by atoms with Crippen LogP contribution in [0.2, 0.25) is 0 Å². The largest absolute Gasteiger partial charge is 0.388 e. The number of methoxy groups -OCH3 is 1. The molecule has 0 heterocycles. The average molecular weight is 284 g/mol. The van der Waals surface area contributed by atoms with E-state index in [0.29, 0.717) is 0 Å². The zero-order valence-electron chi connectivity index (χ0n) is 13.6. The number of Topliss-reactive ketones (excluding diaryl/α,β-unsaturated/α-hetero) is 1. The molecule has 1 aromatic carbocycles. The topological polar surface area (TPSA) is 66.8 Å². The number of hydrogen-bond donors (Lipinski definition) is 2. The molecule has 0 atom stereocenters. The number of hydrogen-bond acceptors (Lipinski definition) is 4. The molecular weight excluding hydrogens is 256 g/mol. The van der Waals surface area contributed by atoms with Crippen molar-refractivity contribution in [3.8, 4) is 0 Å². The molecule has 4 nitrogen and oxygen atoms in total. The summed E-state index contributed by atoms with van der Waals surface area (Å²) in [5.41, 5.74) is -1.24. The Morgan fingerprint density at radius 1 is 0.950 bits per heavy atom. The van der Waals surface area contributed by atoms with Gasteiger partial charge in [0.05, 0.1) is 11.2 Å². The fourth-order valence-corrected chi connectivity index (χ4v) is 0.673. The minimum atomic E-state index is -1.01. The van der Waals surface area contributed by atoms with E-state index in [0.717, 1.165) is 5.56 Å². The van der Waals surface area contributed by atoms with Gasteiger partial charge in [-0.25, -0.2) is 0 Å². The van der Waals surface area contributed by atoms with Crippen molar-refractivity contribution in [3.63, 3.8) is 0 Å². The first-order valence-corrected chi connectivity index (χ1v) is 6.38. The third kappa shape index (κ3) is 10.7. The maximum atomic E-state index is 10.6. The third-order valence-corrected chi connectivity index (χ3v) is 2.68. The van der Waals surface area contributed by atoms with E-state index in [1.54, 1.807) is 48.8 Å². The Bertz CT molecular complexity index is 346. The van der Waals surface area contributed by atoms with Crippen LogP contribution in [0.25, 0.3) is 0 Å². The van der Waals surface area contributed by atoms with Crippen LogP contribution < -0.4 is 0 Å². The van der Waals surface area contributed by atoms with Crippen LogP contribution >= 0.6 is 0 Å². The monoisotopic (exact) mass is 284 g/mol. The molecule has 2 N–H and O–H groups in total. The smallest absolute Gasteiger partial charge is 0.159 e. The minimum absolute atomic E-state index is 0.121. The maximum Gasteiger partial charge on any atom is 0.159 e. The van der Waals surface area contributed by atoms with Crippen molar-refractivity contribution >= 4 is 5.78 Å². The summed E-state index contributed by atoms with van der Waals surface area (Å²) in [6.07, 6.45) is 0. The predicted molar refractivity (Wildman–Crippen MR) is 82.0 cm³/mol. The lowest BCUT2D eigenvalue weighted by molar-refractivity contribution is -0.107. The van der Waals surface area contributed by atoms with Crippen LogP contribution in [-0.4, -0.2) is 41.4 Å². The molecule has 0 bridgehead atoms. The number of aliphatic hydroxyl groups is 2. The molecule has 0 aliphatic rings. The number of rotatable bonds is 2. The Morgan fingerprint density at radius 2 is 1.25 bits per heavy atom. The SMILES string of the molecule is CC(=O)c1ccccc1.CC(C)(O)C(C)(C)O.COC. The highest BCUT2D eigenvalue weighted by atomic mass is 16.4. The van der Waals surface area contributed by atoms with Gasteiger partial charge in [0, 0.05) is 19.8 Å². The Hall–Kier alpha value is -1.23. The highest BCUT2D eigenvalue weighted by Crippen LogP contribution is 2.19. The van der Waals surface area contributed by atoms with E-state index in [1.165, 1.54) is 0 Å². The quantitative estimate of drug-likeness (QED) is 0.819. The number of ether oxygens (including phenoxy) is 1. The zero-order valence-corrected chi connectivity index (χ0v) is 13.6. The molecule has 0 spiro atoms. The number of benzene rings is 1. The van der Waals surface area contributed by atoms with Gasteiger partial charge in [0.1, 0.15) is 0 Å². The van der Waals surface area contributed by atoms with Gasteiger partial charge in [-0.1, -0.05) is 30.3 Å². The molecule has 0 saturated heterocycles. The van der Waals surface area contributed by atoms with Crippen LogP contribution in [0.1, 0.15) is 45.0 Å². The zero-order chi connectivity index (χ0) is 16.4. The lowest BCUT2D eigenvalue weighted by Gasteiger charge is -2.31. The van der Waals surface area contributed by atoms with Gasteiger partial charge in [-0.2, -0.15) is 0 Å². The Kier molecular flexibility index (Phi) is 10.2. The number of ketones is 1. The van der Waals surface area contributed by atoms with Crippen molar-refractivity contribution in [2.24, 2.45) is 0 Å². The molecule has 0 radical (unpaired) electrons. The molecule has 4 heteroatoms. The Balaban J connectivity index is 0. The van der Waals surface area contributed by atoms with Crippen LogP contribution in [0.5, 0.6) is 0 Å². The van der Waals surface area contributed by atoms with Gasteiger partial charge in [-0.3, -0.25) is 4.79 Å². The van der Waals surface area contributed by atoms with Gasteiger partial charge in [0.25, 0.3) is 0 Å². The summed E-state index contributed by atoms with van der Waals surface area (Å²) in [6, 6.07) is 9.23. The first-order valence-electron chi connectivity index (χ1n) is 6.38. The number of carbonyl (C=O) groups excluding carboxylic acids is 1. The molecule has 0 unspecified atom stereocenters. The lowest BCUT2D eigenvalue weighted by Crippen LogP contribution is -2.44. The molecule has 1 aromatic rings. The first-order chi connectivity index (χ1) is 8.97. The second-order valence-electron chi connectivity index (χ2n) is 5.45. The normalized spacial score (nSPS) is 10.7. The van der Waals surface area contributed by atoms with Gasteiger partial charge in [-0.05, 0) is 34.6 Å². The molecule has 116 valence electrons. The van der Waals surface area contributed by atoms with E-state index in [4.69, 9.17) is 10.2 Å². The first kappa shape index (κ1) is 21.1. The Labute approximate surface area is 122 Å². The summed E-state index contributed by atoms with van der Waals surface area (Å²) in [5, 5.41) is 18.2. The second-order valence-corrected chi connectivity index (χ2v) is 5.45. The fourth-order valence-electron chi connectivity index (χ4n) is 0.673. The van der Waals surface area contributed by atoms with Crippen LogP contribution in [-0.2, 0) is 4.74 Å². The van der Waals surface area contributed by atoms with Gasteiger partial charge in [0.15, 0.2) is 5.78 Å². The molecule has 0 aliphatic carbocycles. The van der Waals surface area contributed by atoms with Crippen molar-refractivity contribution in [2.75, 3.05) is 14.2 Å². The second kappa shape index (κ2) is 9.64. The maximum absolute atomic E-state index is 10.6. The van der Waals surface area contributed by atoms with Gasteiger partial charge < -0.3 is 14.9 Å². The van der Waals surface area contributed by atoms with Crippen molar-refractivity contribution in [3.05, 3.63) is 35.9 Å². The van der Waals surface area contributed by atoms with E-state index in [2.05, 4.69) is 4.74 Å². The highest BCUT2D eigenvalue weighted by molar-refractivity contribution is 5.93. The molecule has 0 aromatic heterocycles. The highest BCUT2D eigenvalue weighted by Gasteiger charge is 2.31. The summed E-state index contributed by atoms with van der Waals surface area (Å²) in [7, 11) is 3.25. The molecule has 0 fully saturated rings. The van der Waals surface area contributed by atoms with E-state index in [-0.39, 0.29) is 5.78 Å². The molecule has 0 saturated carbocycles. The van der Waals surface area contributed by atoms with Crippen LogP contribution in [0.3, 0.4) is 0 Å². The van der Waals surface area contributed by atoms with Crippen molar-refractivity contribution < 1.29 is 19.7 Å². The van der Waals surface area contributed by atoms with Gasteiger partial charge in [-0.15, -0.1) is 0 Å². The van der Waals surface area contributed by atoms with E-state index >= 15 is 0 Å². The summed E-state index contributed by atoms with van der Waals surface area (Å²) in [6.45, 7) is 7.87. The summed E-state index contributed by atoms with van der Waals surface area (Å²) in [4.78, 5) is 10.6. The predicted octanol–water partition coefficient (Wildman–Crippen LogP) is 2.68. The fraction of sp³-hybridized carbons (Fsp3) is 0.562. The summed E-state index contributed by atoms with van der Waals surface area (Å²) >= 11 is 0.